The monoisotopic (exact) mass is 215 g/mol. The van der Waals surface area contributed by atoms with Gasteiger partial charge in [0.05, 0.1) is 0 Å². The van der Waals surface area contributed by atoms with Crippen molar-refractivity contribution < 1.29 is 4.39 Å². The molecule has 0 atom stereocenters. The minimum Gasteiger partial charge on any atom is -0.330 e. The van der Waals surface area contributed by atoms with Crippen LogP contribution < -0.4 is 5.73 Å². The summed E-state index contributed by atoms with van der Waals surface area (Å²) >= 11 is 0. The van der Waals surface area contributed by atoms with Gasteiger partial charge < -0.3 is 5.73 Å². The van der Waals surface area contributed by atoms with Crippen molar-refractivity contribution >= 4 is 0 Å². The van der Waals surface area contributed by atoms with E-state index in [2.05, 4.69) is 0 Å². The Bertz CT molecular complexity index is 465. The fourth-order valence-corrected chi connectivity index (χ4v) is 1.72. The van der Waals surface area contributed by atoms with Gasteiger partial charge in [-0.05, 0) is 35.7 Å². The topological polar surface area (TPSA) is 26.0 Å². The van der Waals surface area contributed by atoms with Crippen LogP contribution in [-0.4, -0.2) is 6.54 Å². The van der Waals surface area contributed by atoms with Crippen molar-refractivity contribution in [3.8, 4) is 11.1 Å². The van der Waals surface area contributed by atoms with E-state index < -0.39 is 0 Å². The molecule has 0 radical (unpaired) electrons. The third-order valence-electron chi connectivity index (χ3n) is 2.57. The first-order chi connectivity index (χ1) is 7.81. The van der Waals surface area contributed by atoms with E-state index in [4.69, 9.17) is 5.73 Å². The zero-order valence-corrected chi connectivity index (χ0v) is 8.99. The lowest BCUT2D eigenvalue weighted by Gasteiger charge is -2.05. The van der Waals surface area contributed by atoms with Gasteiger partial charge in [-0.15, -0.1) is 0 Å². The number of hydrogen-bond donors (Lipinski definition) is 1. The second-order valence-corrected chi connectivity index (χ2v) is 3.71. The van der Waals surface area contributed by atoms with E-state index >= 15 is 0 Å². The second kappa shape index (κ2) is 4.90. The number of benzene rings is 2. The Morgan fingerprint density at radius 1 is 0.938 bits per heavy atom. The largest absolute Gasteiger partial charge is 0.330 e. The third kappa shape index (κ3) is 2.28. The van der Waals surface area contributed by atoms with Crippen LogP contribution in [0.15, 0.2) is 48.5 Å². The normalized spacial score (nSPS) is 10.4. The Kier molecular flexibility index (Phi) is 3.32. The smallest absolute Gasteiger partial charge is 0.127 e. The van der Waals surface area contributed by atoms with Gasteiger partial charge in [-0.1, -0.05) is 42.5 Å². The average Bonchev–Trinajstić information content (AvgIpc) is 2.33. The van der Waals surface area contributed by atoms with Crippen molar-refractivity contribution in [2.75, 3.05) is 6.54 Å². The van der Waals surface area contributed by atoms with Gasteiger partial charge in [-0.3, -0.25) is 0 Å². The van der Waals surface area contributed by atoms with E-state index in [1.807, 2.05) is 42.5 Å². The Hall–Kier alpha value is -1.67. The molecule has 16 heavy (non-hydrogen) atoms. The van der Waals surface area contributed by atoms with E-state index in [0.29, 0.717) is 18.5 Å². The number of halogens is 1. The predicted octanol–water partition coefficient (Wildman–Crippen LogP) is 2.99. The minimum atomic E-state index is -0.174. The highest BCUT2D eigenvalue weighted by Crippen LogP contribution is 2.21. The van der Waals surface area contributed by atoms with Gasteiger partial charge in [0.25, 0.3) is 0 Å². The lowest BCUT2D eigenvalue weighted by Crippen LogP contribution is -2.04. The fraction of sp³-hybridized carbons (Fsp3) is 0.143. The lowest BCUT2D eigenvalue weighted by atomic mass is 10.0. The predicted molar refractivity (Wildman–Crippen MR) is 64.6 cm³/mol. The molecule has 0 saturated heterocycles. The zero-order chi connectivity index (χ0) is 11.4. The van der Waals surface area contributed by atoms with Crippen LogP contribution in [0.4, 0.5) is 4.39 Å². The molecule has 2 N–H and O–H groups in total. The van der Waals surface area contributed by atoms with Crippen LogP contribution in [0.5, 0.6) is 0 Å². The summed E-state index contributed by atoms with van der Waals surface area (Å²) in [5, 5.41) is 0. The highest BCUT2D eigenvalue weighted by atomic mass is 19.1. The summed E-state index contributed by atoms with van der Waals surface area (Å²) in [6, 6.07) is 15.1. The second-order valence-electron chi connectivity index (χ2n) is 3.71. The molecular formula is C14H14FN. The zero-order valence-electron chi connectivity index (χ0n) is 8.99. The molecule has 0 heterocycles. The summed E-state index contributed by atoms with van der Waals surface area (Å²) in [5.41, 5.74) is 8.02. The maximum atomic E-state index is 13.7. The number of hydrogen-bond acceptors (Lipinski definition) is 1. The Balaban J connectivity index is 2.35. The van der Waals surface area contributed by atoms with Crippen LogP contribution in [0, 0.1) is 5.82 Å². The van der Waals surface area contributed by atoms with Crippen LogP contribution in [0.25, 0.3) is 11.1 Å². The van der Waals surface area contributed by atoms with Crippen molar-refractivity contribution in [3.05, 3.63) is 59.9 Å². The molecule has 0 aliphatic carbocycles. The fourth-order valence-electron chi connectivity index (χ4n) is 1.72. The summed E-state index contributed by atoms with van der Waals surface area (Å²) in [7, 11) is 0. The highest BCUT2D eigenvalue weighted by molar-refractivity contribution is 5.63. The van der Waals surface area contributed by atoms with Crippen LogP contribution in [0.3, 0.4) is 0 Å². The summed E-state index contributed by atoms with van der Waals surface area (Å²) in [6.45, 7) is 0.474. The molecule has 0 fully saturated rings. The van der Waals surface area contributed by atoms with Gasteiger partial charge in [0.15, 0.2) is 0 Å². The summed E-state index contributed by atoms with van der Waals surface area (Å²) in [6.07, 6.45) is 0.584. The molecule has 82 valence electrons. The molecule has 0 saturated carbocycles. The summed E-state index contributed by atoms with van der Waals surface area (Å²) < 4.78 is 13.7. The quantitative estimate of drug-likeness (QED) is 0.836. The minimum absolute atomic E-state index is 0.174. The molecule has 2 aromatic carbocycles. The van der Waals surface area contributed by atoms with Gasteiger partial charge in [-0.25, -0.2) is 4.39 Å². The maximum Gasteiger partial charge on any atom is 0.127 e. The molecule has 0 bridgehead atoms. The lowest BCUT2D eigenvalue weighted by molar-refractivity contribution is 0.610. The van der Waals surface area contributed by atoms with E-state index in [9.17, 15) is 4.39 Å². The van der Waals surface area contributed by atoms with E-state index in [1.54, 1.807) is 6.07 Å². The molecule has 1 nitrogen and oxygen atoms in total. The first-order valence-corrected chi connectivity index (χ1v) is 5.35. The van der Waals surface area contributed by atoms with Gasteiger partial charge in [0.2, 0.25) is 0 Å². The van der Waals surface area contributed by atoms with Crippen LogP contribution in [0.1, 0.15) is 5.56 Å². The first-order valence-electron chi connectivity index (χ1n) is 5.35. The molecule has 0 spiro atoms. The van der Waals surface area contributed by atoms with Crippen molar-refractivity contribution in [2.24, 2.45) is 5.73 Å². The molecule has 2 rings (SSSR count). The standard InChI is InChI=1S/C14H14FN/c15-14-10-13(7-6-12(14)8-9-16)11-4-2-1-3-5-11/h1-7,10H,8-9,16H2. The van der Waals surface area contributed by atoms with E-state index in [-0.39, 0.29) is 5.82 Å². The SMILES string of the molecule is NCCc1ccc(-c2ccccc2)cc1F. The Morgan fingerprint density at radius 2 is 1.69 bits per heavy atom. The molecule has 2 aromatic rings. The molecule has 0 unspecified atom stereocenters. The molecule has 0 aromatic heterocycles. The summed E-state index contributed by atoms with van der Waals surface area (Å²) in [5.74, 6) is -0.174. The van der Waals surface area contributed by atoms with Gasteiger partial charge in [-0.2, -0.15) is 0 Å². The first kappa shape index (κ1) is 10.8. The Labute approximate surface area is 94.7 Å². The van der Waals surface area contributed by atoms with E-state index in [1.165, 1.54) is 0 Å². The van der Waals surface area contributed by atoms with Crippen molar-refractivity contribution in [1.29, 1.82) is 0 Å². The number of rotatable bonds is 3. The third-order valence-corrected chi connectivity index (χ3v) is 2.57. The van der Waals surface area contributed by atoms with Crippen LogP contribution in [0.2, 0.25) is 0 Å². The molecule has 0 amide bonds. The van der Waals surface area contributed by atoms with Crippen LogP contribution in [-0.2, 0) is 6.42 Å². The van der Waals surface area contributed by atoms with Crippen LogP contribution >= 0.6 is 0 Å². The van der Waals surface area contributed by atoms with Crippen molar-refractivity contribution in [2.45, 2.75) is 6.42 Å². The Morgan fingerprint density at radius 3 is 2.31 bits per heavy atom. The molecule has 0 aliphatic heterocycles. The molecular weight excluding hydrogens is 201 g/mol. The molecule has 2 heteroatoms. The maximum absolute atomic E-state index is 13.7. The number of nitrogens with two attached hydrogens (primary N) is 1. The average molecular weight is 215 g/mol. The van der Waals surface area contributed by atoms with Crippen molar-refractivity contribution in [1.82, 2.24) is 0 Å². The highest BCUT2D eigenvalue weighted by Gasteiger charge is 2.03. The van der Waals surface area contributed by atoms with E-state index in [0.717, 1.165) is 11.1 Å². The van der Waals surface area contributed by atoms with Crippen molar-refractivity contribution in [3.63, 3.8) is 0 Å². The summed E-state index contributed by atoms with van der Waals surface area (Å²) in [4.78, 5) is 0. The molecule has 0 aliphatic rings. The van der Waals surface area contributed by atoms with Gasteiger partial charge in [0.1, 0.15) is 5.82 Å². The van der Waals surface area contributed by atoms with Gasteiger partial charge >= 0.3 is 0 Å². The van der Waals surface area contributed by atoms with Gasteiger partial charge in [0, 0.05) is 0 Å².